The molecule has 30 heavy (non-hydrogen) atoms. The lowest BCUT2D eigenvalue weighted by molar-refractivity contribution is -0.0707. The predicted octanol–water partition coefficient (Wildman–Crippen LogP) is -0.489. The zero-order valence-corrected chi connectivity index (χ0v) is 16.8. The van der Waals surface area contributed by atoms with E-state index in [1.807, 2.05) is 0 Å². The molecule has 1 aliphatic rings. The van der Waals surface area contributed by atoms with E-state index in [0.717, 1.165) is 10.8 Å². The van der Waals surface area contributed by atoms with Gasteiger partial charge in [0, 0.05) is 18.7 Å². The Kier molecular flexibility index (Phi) is 6.00. The van der Waals surface area contributed by atoms with Gasteiger partial charge in [0.2, 0.25) is 0 Å². The zero-order valence-electron chi connectivity index (χ0n) is 15.9. The summed E-state index contributed by atoms with van der Waals surface area (Å²) in [5.74, 6) is -0.951. The van der Waals surface area contributed by atoms with Crippen molar-refractivity contribution in [1.82, 2.24) is 14.5 Å². The molecule has 2 aromatic heterocycles. The molecule has 2 aromatic rings. The number of fused-ring (bicyclic) bond motifs is 1. The highest BCUT2D eigenvalue weighted by Gasteiger charge is 2.47. The first-order chi connectivity index (χ1) is 13.8. The SMILES string of the molecule is CCC(C)(C[C@H]1O[C@@H](n2cc3c(F)cc(=O)[nH]c3nc2=O)[C@@H](O)C1O)OP(=O)(O)O. The Morgan fingerprint density at radius 3 is 2.63 bits per heavy atom. The summed E-state index contributed by atoms with van der Waals surface area (Å²) in [6.45, 7) is 3.00. The van der Waals surface area contributed by atoms with Crippen LogP contribution in [0.4, 0.5) is 4.39 Å². The van der Waals surface area contributed by atoms with Gasteiger partial charge in [-0.25, -0.2) is 13.8 Å². The number of rotatable bonds is 6. The normalized spacial score (nSPS) is 26.8. The lowest BCUT2D eigenvalue weighted by Crippen LogP contribution is -2.38. The van der Waals surface area contributed by atoms with Crippen molar-refractivity contribution in [3.8, 4) is 0 Å². The molecule has 0 amide bonds. The standard InChI is InChI=1S/C16H21FN3O9P/c1-3-16(2,29-30(25,26)27)5-9-11(22)12(23)14(28-9)20-6-7-8(17)4-10(21)18-13(7)19-15(20)24/h4,6,9,11-12,14,22-23H,3,5H2,1-2H3,(H2,25,26,27)(H,18,19,21,24)/t9-,11?,12+,14-,16?/m1/s1. The molecule has 14 heteroatoms. The number of hydrogen-bond acceptors (Lipinski definition) is 8. The Bertz CT molecular complexity index is 1120. The van der Waals surface area contributed by atoms with Gasteiger partial charge in [-0.1, -0.05) is 6.92 Å². The molecule has 12 nitrogen and oxygen atoms in total. The van der Waals surface area contributed by atoms with Crippen LogP contribution in [0.25, 0.3) is 11.0 Å². The van der Waals surface area contributed by atoms with Gasteiger partial charge in [0.1, 0.15) is 23.7 Å². The summed E-state index contributed by atoms with van der Waals surface area (Å²) in [6.07, 6.45) is -4.88. The topological polar surface area (TPSA) is 184 Å². The summed E-state index contributed by atoms with van der Waals surface area (Å²) in [5, 5.41) is 20.5. The lowest BCUT2D eigenvalue weighted by Gasteiger charge is -2.31. The Balaban J connectivity index is 1.93. The average molecular weight is 449 g/mol. The van der Waals surface area contributed by atoms with Crippen molar-refractivity contribution in [2.75, 3.05) is 0 Å². The van der Waals surface area contributed by atoms with Crippen molar-refractivity contribution in [3.63, 3.8) is 0 Å². The molecule has 3 rings (SSSR count). The minimum Gasteiger partial charge on any atom is -0.388 e. The second kappa shape index (κ2) is 7.93. The summed E-state index contributed by atoms with van der Waals surface area (Å²) in [4.78, 5) is 47.7. The number of aliphatic hydroxyl groups excluding tert-OH is 2. The number of H-pyrrole nitrogens is 1. The van der Waals surface area contributed by atoms with Gasteiger partial charge in [0.25, 0.3) is 5.56 Å². The van der Waals surface area contributed by atoms with Crippen LogP contribution >= 0.6 is 7.82 Å². The van der Waals surface area contributed by atoms with Gasteiger partial charge >= 0.3 is 13.5 Å². The third kappa shape index (κ3) is 4.52. The van der Waals surface area contributed by atoms with Crippen LogP contribution in [0.3, 0.4) is 0 Å². The molecule has 5 atom stereocenters. The van der Waals surface area contributed by atoms with Crippen molar-refractivity contribution >= 4 is 18.9 Å². The first-order valence-electron chi connectivity index (χ1n) is 8.93. The van der Waals surface area contributed by atoms with Crippen molar-refractivity contribution in [2.24, 2.45) is 0 Å². The maximum absolute atomic E-state index is 14.1. The number of pyridine rings is 1. The van der Waals surface area contributed by atoms with Gasteiger partial charge in [-0.15, -0.1) is 0 Å². The van der Waals surface area contributed by atoms with Gasteiger partial charge < -0.3 is 29.7 Å². The Hall–Kier alpha value is -1.99. The Morgan fingerprint density at radius 1 is 1.37 bits per heavy atom. The molecule has 2 unspecified atom stereocenters. The highest BCUT2D eigenvalue weighted by Crippen LogP contribution is 2.45. The molecule has 5 N–H and O–H groups in total. The van der Waals surface area contributed by atoms with Crippen LogP contribution in [0, 0.1) is 5.82 Å². The van der Waals surface area contributed by atoms with E-state index in [9.17, 15) is 28.8 Å². The van der Waals surface area contributed by atoms with E-state index in [-0.39, 0.29) is 23.9 Å². The number of phosphoric ester groups is 1. The van der Waals surface area contributed by atoms with Crippen molar-refractivity contribution in [3.05, 3.63) is 38.9 Å². The second-order valence-electron chi connectivity index (χ2n) is 7.31. The van der Waals surface area contributed by atoms with Crippen molar-refractivity contribution in [1.29, 1.82) is 0 Å². The summed E-state index contributed by atoms with van der Waals surface area (Å²) >= 11 is 0. The van der Waals surface area contributed by atoms with Crippen LogP contribution in [0.15, 0.2) is 21.9 Å². The molecular formula is C16H21FN3O9P. The first-order valence-corrected chi connectivity index (χ1v) is 10.5. The minimum absolute atomic E-state index is 0.140. The molecule has 0 spiro atoms. The third-order valence-electron chi connectivity index (χ3n) is 5.04. The molecular weight excluding hydrogens is 428 g/mol. The van der Waals surface area contributed by atoms with E-state index >= 15 is 0 Å². The van der Waals surface area contributed by atoms with Gasteiger partial charge in [-0.2, -0.15) is 4.98 Å². The summed E-state index contributed by atoms with van der Waals surface area (Å²) in [5.41, 5.74) is -3.47. The summed E-state index contributed by atoms with van der Waals surface area (Å²) in [6, 6.07) is 0.661. The number of phosphoric acid groups is 1. The van der Waals surface area contributed by atoms with E-state index in [1.54, 1.807) is 6.92 Å². The van der Waals surface area contributed by atoms with Gasteiger partial charge in [0.15, 0.2) is 6.23 Å². The quantitative estimate of drug-likeness (QED) is 0.361. The Labute approximate surface area is 168 Å². The number of ether oxygens (including phenoxy) is 1. The number of hydrogen-bond donors (Lipinski definition) is 5. The lowest BCUT2D eigenvalue weighted by atomic mass is 9.93. The van der Waals surface area contributed by atoms with Crippen molar-refractivity contribution in [2.45, 2.75) is 56.8 Å². The predicted molar refractivity (Wildman–Crippen MR) is 98.9 cm³/mol. The van der Waals surface area contributed by atoms with Gasteiger partial charge in [0.05, 0.1) is 17.1 Å². The number of halogens is 1. The van der Waals surface area contributed by atoms with E-state index in [1.165, 1.54) is 6.92 Å². The van der Waals surface area contributed by atoms with Crippen molar-refractivity contribution < 1.29 is 38.2 Å². The summed E-state index contributed by atoms with van der Waals surface area (Å²) < 4.78 is 36.5. The third-order valence-corrected chi connectivity index (χ3v) is 5.72. The van der Waals surface area contributed by atoms with Crippen LogP contribution < -0.4 is 11.2 Å². The second-order valence-corrected chi connectivity index (χ2v) is 8.47. The molecule has 0 bridgehead atoms. The van der Waals surface area contributed by atoms with E-state index < -0.39 is 55.0 Å². The summed E-state index contributed by atoms with van der Waals surface area (Å²) in [7, 11) is -4.85. The van der Waals surface area contributed by atoms with Crippen LogP contribution in [-0.4, -0.2) is 58.4 Å². The number of aliphatic hydroxyl groups is 2. The number of nitrogens with zero attached hydrogens (tertiary/aromatic N) is 2. The minimum atomic E-state index is -4.85. The molecule has 1 saturated heterocycles. The smallest absolute Gasteiger partial charge is 0.388 e. The highest BCUT2D eigenvalue weighted by molar-refractivity contribution is 7.46. The molecule has 0 radical (unpaired) electrons. The van der Waals surface area contributed by atoms with Gasteiger partial charge in [-0.3, -0.25) is 13.9 Å². The average Bonchev–Trinajstić information content (AvgIpc) is 2.87. The molecule has 0 saturated carbocycles. The number of nitrogens with one attached hydrogen (secondary N) is 1. The molecule has 0 aliphatic carbocycles. The van der Waals surface area contributed by atoms with Crippen LogP contribution in [0.2, 0.25) is 0 Å². The van der Waals surface area contributed by atoms with E-state index in [4.69, 9.17) is 19.0 Å². The number of aromatic amines is 1. The maximum atomic E-state index is 14.1. The van der Waals surface area contributed by atoms with E-state index in [0.29, 0.717) is 6.07 Å². The molecule has 1 fully saturated rings. The molecule has 1 aliphatic heterocycles. The Morgan fingerprint density at radius 2 is 2.03 bits per heavy atom. The first kappa shape index (κ1) is 22.7. The van der Waals surface area contributed by atoms with Crippen LogP contribution in [-0.2, 0) is 13.8 Å². The fourth-order valence-electron chi connectivity index (χ4n) is 3.35. The monoisotopic (exact) mass is 449 g/mol. The molecule has 3 heterocycles. The zero-order chi connectivity index (χ0) is 22.4. The van der Waals surface area contributed by atoms with Gasteiger partial charge in [-0.05, 0) is 13.3 Å². The fraction of sp³-hybridized carbons (Fsp3) is 0.562. The van der Waals surface area contributed by atoms with Crippen LogP contribution in [0.1, 0.15) is 32.9 Å². The molecule has 166 valence electrons. The van der Waals surface area contributed by atoms with E-state index in [2.05, 4.69) is 9.97 Å². The van der Waals surface area contributed by atoms with Crippen LogP contribution in [0.5, 0.6) is 0 Å². The number of aromatic nitrogens is 3. The fourth-order valence-corrected chi connectivity index (χ4v) is 4.13. The molecule has 0 aromatic carbocycles. The largest absolute Gasteiger partial charge is 0.470 e. The maximum Gasteiger partial charge on any atom is 0.470 e. The highest BCUT2D eigenvalue weighted by atomic mass is 31.2.